The molecule has 0 aliphatic carbocycles. The average Bonchev–Trinajstić information content (AvgIpc) is 2.60. The van der Waals surface area contributed by atoms with Crippen molar-refractivity contribution in [3.05, 3.63) is 39.6 Å². The van der Waals surface area contributed by atoms with Gasteiger partial charge in [0.05, 0.1) is 5.92 Å². The number of nitrogens with zero attached hydrogens (tertiary/aromatic N) is 2. The van der Waals surface area contributed by atoms with Crippen LogP contribution in [-0.4, -0.2) is 30.0 Å². The number of carbonyl (C=O) groups excluding carboxylic acids is 2. The first kappa shape index (κ1) is 19.8. The fourth-order valence-corrected chi connectivity index (χ4v) is 3.19. The van der Waals surface area contributed by atoms with E-state index in [9.17, 15) is 18.8 Å². The van der Waals surface area contributed by atoms with Crippen molar-refractivity contribution in [1.29, 1.82) is 0 Å². The molecule has 1 aliphatic rings. The Labute approximate surface area is 151 Å². The number of pyridine rings is 1. The molecule has 0 radical (unpaired) electrons. The zero-order chi connectivity index (χ0) is 19.4. The number of aryl methyl sites for hydroxylation is 1. The number of amides is 1. The van der Waals surface area contributed by atoms with E-state index in [1.807, 2.05) is 0 Å². The van der Waals surface area contributed by atoms with Gasteiger partial charge in [-0.2, -0.15) is 5.48 Å². The predicted octanol–water partition coefficient (Wildman–Crippen LogP) is 1.76. The Morgan fingerprint density at radius 3 is 2.65 bits per heavy atom. The summed E-state index contributed by atoms with van der Waals surface area (Å²) in [6.07, 6.45) is 1.98. The van der Waals surface area contributed by atoms with Crippen LogP contribution in [0, 0.1) is 11.7 Å². The zero-order valence-electron chi connectivity index (χ0n) is 15.5. The predicted molar refractivity (Wildman–Crippen MR) is 94.9 cm³/mol. The number of nitrogens with one attached hydrogen (secondary N) is 1. The Morgan fingerprint density at radius 2 is 2.08 bits per heavy atom. The molecule has 26 heavy (non-hydrogen) atoms. The van der Waals surface area contributed by atoms with Crippen LogP contribution in [0.3, 0.4) is 0 Å². The second kappa shape index (κ2) is 8.27. The Morgan fingerprint density at radius 1 is 1.38 bits per heavy atom. The fourth-order valence-electron chi connectivity index (χ4n) is 3.19. The second-order valence-corrected chi connectivity index (χ2v) is 6.12. The molecule has 1 aliphatic heterocycles. The van der Waals surface area contributed by atoms with Crippen molar-refractivity contribution < 1.29 is 18.8 Å². The molecule has 1 atom stereocenters. The molecular weight excluding hydrogens is 341 g/mol. The van der Waals surface area contributed by atoms with Crippen LogP contribution in [0.5, 0.6) is 0 Å². The molecule has 1 aromatic heterocycles. The zero-order valence-corrected chi connectivity index (χ0v) is 15.5. The summed E-state index contributed by atoms with van der Waals surface area (Å²) < 4.78 is 15.1. The van der Waals surface area contributed by atoms with E-state index in [4.69, 9.17) is 4.84 Å². The van der Waals surface area contributed by atoms with Gasteiger partial charge in [0.1, 0.15) is 11.5 Å². The first-order valence-electron chi connectivity index (χ1n) is 8.64. The second-order valence-electron chi connectivity index (χ2n) is 6.12. The highest BCUT2D eigenvalue weighted by Crippen LogP contribution is 2.30. The fraction of sp³-hybridized carbons (Fsp3) is 0.500. The number of carbonyl (C=O) groups is 2. The molecule has 8 heteroatoms. The molecule has 0 saturated carbocycles. The quantitative estimate of drug-likeness (QED) is 0.777. The minimum atomic E-state index is -0.750. The first-order chi connectivity index (χ1) is 12.3. The molecule has 2 heterocycles. The lowest BCUT2D eigenvalue weighted by atomic mass is 9.87. The van der Waals surface area contributed by atoms with E-state index in [1.165, 1.54) is 16.5 Å². The SMILES string of the molecule is CCC(C(=O)ONC)C1=C(C)CCN(c2cc(F)cn(CC)c2=O)C1=O. The Hall–Kier alpha value is -2.48. The molecule has 0 aromatic carbocycles. The van der Waals surface area contributed by atoms with Crippen LogP contribution < -0.4 is 15.9 Å². The summed E-state index contributed by atoms with van der Waals surface area (Å²) in [7, 11) is 1.46. The van der Waals surface area contributed by atoms with Crippen LogP contribution in [0.1, 0.15) is 33.6 Å². The van der Waals surface area contributed by atoms with Gasteiger partial charge in [0.15, 0.2) is 0 Å². The van der Waals surface area contributed by atoms with Gasteiger partial charge in [-0.05, 0) is 26.7 Å². The summed E-state index contributed by atoms with van der Waals surface area (Å²) in [6.45, 7) is 5.84. The average molecular weight is 365 g/mol. The number of aromatic nitrogens is 1. The van der Waals surface area contributed by atoms with Crippen molar-refractivity contribution >= 4 is 17.6 Å². The summed E-state index contributed by atoms with van der Waals surface area (Å²) in [5.41, 5.74) is 2.96. The molecule has 7 nitrogen and oxygen atoms in total. The largest absolute Gasteiger partial charge is 0.370 e. The summed E-state index contributed by atoms with van der Waals surface area (Å²) in [4.78, 5) is 43.9. The lowest BCUT2D eigenvalue weighted by molar-refractivity contribution is -0.154. The Kier molecular flexibility index (Phi) is 6.31. The lowest BCUT2D eigenvalue weighted by Gasteiger charge is -2.31. The molecular formula is C18H24FN3O4. The number of anilines is 1. The van der Waals surface area contributed by atoms with Gasteiger partial charge in [0.2, 0.25) is 0 Å². The van der Waals surface area contributed by atoms with Crippen molar-refractivity contribution in [3.8, 4) is 0 Å². The van der Waals surface area contributed by atoms with Crippen LogP contribution >= 0.6 is 0 Å². The summed E-state index contributed by atoms with van der Waals surface area (Å²) >= 11 is 0. The van der Waals surface area contributed by atoms with E-state index >= 15 is 0 Å². The maximum absolute atomic E-state index is 13.9. The van der Waals surface area contributed by atoms with Crippen LogP contribution in [0.4, 0.5) is 10.1 Å². The highest BCUT2D eigenvalue weighted by atomic mass is 19.1. The van der Waals surface area contributed by atoms with E-state index in [0.717, 1.165) is 17.8 Å². The minimum Gasteiger partial charge on any atom is -0.370 e. The number of halogens is 1. The van der Waals surface area contributed by atoms with E-state index in [-0.39, 0.29) is 12.2 Å². The van der Waals surface area contributed by atoms with E-state index in [2.05, 4.69) is 5.48 Å². The molecule has 0 saturated heterocycles. The van der Waals surface area contributed by atoms with E-state index < -0.39 is 29.2 Å². The lowest BCUT2D eigenvalue weighted by Crippen LogP contribution is -2.44. The van der Waals surface area contributed by atoms with Crippen LogP contribution in [-0.2, 0) is 21.0 Å². The number of hydrogen-bond acceptors (Lipinski definition) is 5. The molecule has 0 bridgehead atoms. The summed E-state index contributed by atoms with van der Waals surface area (Å²) in [5, 5.41) is 0. The van der Waals surface area contributed by atoms with Crippen molar-refractivity contribution in [2.24, 2.45) is 5.92 Å². The van der Waals surface area contributed by atoms with Gasteiger partial charge in [-0.3, -0.25) is 9.59 Å². The first-order valence-corrected chi connectivity index (χ1v) is 8.64. The number of hydrogen-bond donors (Lipinski definition) is 1. The van der Waals surface area contributed by atoms with Crippen LogP contribution in [0.25, 0.3) is 0 Å². The van der Waals surface area contributed by atoms with E-state index in [1.54, 1.807) is 20.8 Å². The van der Waals surface area contributed by atoms with Crippen molar-refractivity contribution in [2.75, 3.05) is 18.5 Å². The smallest absolute Gasteiger partial charge is 0.332 e. The van der Waals surface area contributed by atoms with Gasteiger partial charge in [-0.15, -0.1) is 0 Å². The molecule has 1 amide bonds. The highest BCUT2D eigenvalue weighted by molar-refractivity contribution is 6.09. The minimum absolute atomic E-state index is 0.0151. The maximum Gasteiger partial charge on any atom is 0.332 e. The molecule has 142 valence electrons. The number of rotatable bonds is 6. The Bertz CT molecular complexity index is 800. The maximum atomic E-state index is 13.9. The normalized spacial score (nSPS) is 16.0. The molecule has 0 spiro atoms. The van der Waals surface area contributed by atoms with E-state index in [0.29, 0.717) is 25.0 Å². The number of hydroxylamine groups is 1. The summed E-state index contributed by atoms with van der Waals surface area (Å²) in [6, 6.07) is 1.07. The van der Waals surface area contributed by atoms with Crippen molar-refractivity contribution in [3.63, 3.8) is 0 Å². The molecule has 2 rings (SSSR count). The van der Waals surface area contributed by atoms with Gasteiger partial charge in [0, 0.05) is 38.0 Å². The third kappa shape index (κ3) is 3.70. The van der Waals surface area contributed by atoms with Crippen molar-refractivity contribution in [2.45, 2.75) is 40.2 Å². The van der Waals surface area contributed by atoms with Crippen LogP contribution in [0.2, 0.25) is 0 Å². The van der Waals surface area contributed by atoms with Gasteiger partial charge < -0.3 is 14.3 Å². The Balaban J connectivity index is 2.48. The molecule has 0 fully saturated rings. The van der Waals surface area contributed by atoms with Gasteiger partial charge >= 0.3 is 5.97 Å². The van der Waals surface area contributed by atoms with Crippen molar-refractivity contribution in [1.82, 2.24) is 10.0 Å². The van der Waals surface area contributed by atoms with Gasteiger partial charge in [0.25, 0.3) is 11.5 Å². The monoisotopic (exact) mass is 365 g/mol. The van der Waals surface area contributed by atoms with Gasteiger partial charge in [-0.1, -0.05) is 12.5 Å². The third-order valence-electron chi connectivity index (χ3n) is 4.55. The third-order valence-corrected chi connectivity index (χ3v) is 4.55. The summed E-state index contributed by atoms with van der Waals surface area (Å²) in [5.74, 6) is -2.37. The molecule has 1 N–H and O–H groups in total. The van der Waals surface area contributed by atoms with Crippen LogP contribution in [0.15, 0.2) is 28.2 Å². The molecule has 1 aromatic rings. The topological polar surface area (TPSA) is 80.6 Å². The highest BCUT2D eigenvalue weighted by Gasteiger charge is 2.36. The standard InChI is InChI=1S/C18H24FN3O4/c1-5-13(18(25)26-20-4)15-11(3)7-8-22(17(15)24)14-9-12(19)10-21(6-2)16(14)23/h9-10,13,20H,5-8H2,1-4H3. The molecule has 1 unspecified atom stereocenters. The van der Waals surface area contributed by atoms with Gasteiger partial charge in [-0.25, -0.2) is 9.18 Å².